The van der Waals surface area contributed by atoms with Gasteiger partial charge in [-0.15, -0.1) is 0 Å². The topological polar surface area (TPSA) is 83.9 Å². The van der Waals surface area contributed by atoms with Gasteiger partial charge in [-0.3, -0.25) is 19.3 Å². The van der Waals surface area contributed by atoms with Crippen molar-refractivity contribution >= 4 is 17.5 Å². The lowest BCUT2D eigenvalue weighted by atomic mass is 9.83. The summed E-state index contributed by atoms with van der Waals surface area (Å²) in [6, 6.07) is 0. The zero-order chi connectivity index (χ0) is 21.8. The minimum absolute atomic E-state index is 0.118. The Bertz CT molecular complexity index is 794. The van der Waals surface area contributed by atoms with Crippen LogP contribution in [0, 0.1) is 23.2 Å². The van der Waals surface area contributed by atoms with Gasteiger partial charge in [0.15, 0.2) is 11.3 Å². The Morgan fingerprint density at radius 1 is 1.23 bits per heavy atom. The zero-order valence-corrected chi connectivity index (χ0v) is 18.7. The summed E-state index contributed by atoms with van der Waals surface area (Å²) in [7, 11) is 0. The normalized spacial score (nSPS) is 37.3. The molecule has 6 nitrogen and oxygen atoms in total. The Labute approximate surface area is 179 Å². The third-order valence-electron chi connectivity index (χ3n) is 7.72. The standard InChI is InChI=1S/C24H35NO5/c1-5-6-7-18(27)24-13-30-22(23(2,3)4)25(24)21(29)19(20(24)28)17(26)12-16-11-14-8-9-15(16)10-14/h14-16,22,26H,5-13H2,1-4H3/b19-17-/t14?,15?,16?,22-,24+/m1/s1. The maximum Gasteiger partial charge on any atom is 0.264 e. The number of hydrogen-bond acceptors (Lipinski definition) is 5. The average Bonchev–Trinajstić information content (AvgIpc) is 3.41. The fourth-order valence-corrected chi connectivity index (χ4v) is 6.18. The summed E-state index contributed by atoms with van der Waals surface area (Å²) >= 11 is 0. The molecule has 0 aromatic rings. The molecule has 6 heteroatoms. The van der Waals surface area contributed by atoms with Crippen molar-refractivity contribution in [1.82, 2.24) is 4.90 Å². The first kappa shape index (κ1) is 21.5. The van der Waals surface area contributed by atoms with Crippen molar-refractivity contribution in [2.75, 3.05) is 6.61 Å². The predicted octanol–water partition coefficient (Wildman–Crippen LogP) is 3.94. The number of fused-ring (bicyclic) bond motifs is 3. The molecular weight excluding hydrogens is 382 g/mol. The first-order valence-electron chi connectivity index (χ1n) is 11.6. The number of aliphatic hydroxyl groups is 1. The number of amides is 1. The molecule has 3 unspecified atom stereocenters. The van der Waals surface area contributed by atoms with E-state index in [-0.39, 0.29) is 30.1 Å². The molecule has 1 amide bonds. The lowest BCUT2D eigenvalue weighted by Gasteiger charge is -2.35. The molecular formula is C24H35NO5. The third-order valence-corrected chi connectivity index (χ3v) is 7.72. The van der Waals surface area contributed by atoms with Crippen LogP contribution in [0.15, 0.2) is 11.3 Å². The summed E-state index contributed by atoms with van der Waals surface area (Å²) < 4.78 is 5.89. The minimum atomic E-state index is -1.61. The van der Waals surface area contributed by atoms with Crippen molar-refractivity contribution in [2.45, 2.75) is 90.8 Å². The van der Waals surface area contributed by atoms with Gasteiger partial charge in [-0.25, -0.2) is 0 Å². The van der Waals surface area contributed by atoms with E-state index in [0.717, 1.165) is 18.8 Å². The van der Waals surface area contributed by atoms with Gasteiger partial charge in [0, 0.05) is 18.3 Å². The molecule has 2 aliphatic carbocycles. The van der Waals surface area contributed by atoms with E-state index >= 15 is 0 Å². The highest BCUT2D eigenvalue weighted by Crippen LogP contribution is 2.51. The van der Waals surface area contributed by atoms with Crippen LogP contribution >= 0.6 is 0 Å². The first-order chi connectivity index (χ1) is 14.1. The molecule has 2 heterocycles. The van der Waals surface area contributed by atoms with Crippen molar-refractivity contribution < 1.29 is 24.2 Å². The van der Waals surface area contributed by atoms with E-state index in [1.165, 1.54) is 24.2 Å². The van der Waals surface area contributed by atoms with Gasteiger partial charge in [0.05, 0.1) is 6.61 Å². The van der Waals surface area contributed by atoms with Crippen LogP contribution in [-0.4, -0.2) is 45.9 Å². The van der Waals surface area contributed by atoms with Gasteiger partial charge in [0.2, 0.25) is 5.78 Å². The number of ether oxygens (including phenoxy) is 1. The van der Waals surface area contributed by atoms with Crippen LogP contribution < -0.4 is 0 Å². The summed E-state index contributed by atoms with van der Waals surface area (Å²) in [5, 5.41) is 11.0. The Morgan fingerprint density at radius 2 is 1.97 bits per heavy atom. The van der Waals surface area contributed by atoms with Gasteiger partial charge < -0.3 is 9.84 Å². The van der Waals surface area contributed by atoms with E-state index in [4.69, 9.17) is 4.74 Å². The largest absolute Gasteiger partial charge is 0.511 e. The number of nitrogens with zero attached hydrogens (tertiary/aromatic N) is 1. The number of Topliss-reactive ketones (excluding diaryl/α,β-unsaturated/α-hetero) is 2. The smallest absolute Gasteiger partial charge is 0.264 e. The summed E-state index contributed by atoms with van der Waals surface area (Å²) in [6.07, 6.45) is 6.08. The molecule has 0 radical (unpaired) electrons. The Kier molecular flexibility index (Phi) is 5.36. The number of ketones is 2. The number of hydrogen-bond donors (Lipinski definition) is 1. The van der Waals surface area contributed by atoms with Crippen LogP contribution in [0.4, 0.5) is 0 Å². The molecule has 1 N–H and O–H groups in total. The van der Waals surface area contributed by atoms with Crippen LogP contribution in [0.1, 0.15) is 79.1 Å². The third kappa shape index (κ3) is 3.14. The van der Waals surface area contributed by atoms with Crippen LogP contribution in [0.25, 0.3) is 0 Å². The van der Waals surface area contributed by atoms with Crippen LogP contribution in [0.5, 0.6) is 0 Å². The molecule has 0 aromatic carbocycles. The van der Waals surface area contributed by atoms with Gasteiger partial charge in [0.25, 0.3) is 5.91 Å². The average molecular weight is 418 g/mol. The van der Waals surface area contributed by atoms with E-state index < -0.39 is 28.9 Å². The van der Waals surface area contributed by atoms with Crippen molar-refractivity contribution in [1.29, 1.82) is 0 Å². The van der Waals surface area contributed by atoms with Gasteiger partial charge in [-0.2, -0.15) is 0 Å². The maximum atomic E-state index is 13.6. The van der Waals surface area contributed by atoms with E-state index in [1.54, 1.807) is 0 Å². The number of carbonyl (C=O) groups is 3. The molecule has 2 saturated heterocycles. The maximum absolute atomic E-state index is 13.6. The van der Waals surface area contributed by atoms with Crippen molar-refractivity contribution in [3.63, 3.8) is 0 Å². The highest BCUT2D eigenvalue weighted by molar-refractivity contribution is 6.36. The lowest BCUT2D eigenvalue weighted by Crippen LogP contribution is -2.57. The van der Waals surface area contributed by atoms with Crippen LogP contribution in [-0.2, 0) is 19.1 Å². The predicted molar refractivity (Wildman–Crippen MR) is 112 cm³/mol. The second-order valence-corrected chi connectivity index (χ2v) is 10.9. The fraction of sp³-hybridized carbons (Fsp3) is 0.792. The van der Waals surface area contributed by atoms with Gasteiger partial charge >= 0.3 is 0 Å². The summed E-state index contributed by atoms with van der Waals surface area (Å²) in [5.74, 6) is 0.147. The van der Waals surface area contributed by atoms with Gasteiger partial charge in [-0.1, -0.05) is 40.5 Å². The Balaban J connectivity index is 1.69. The number of unbranched alkanes of at least 4 members (excludes halogenated alkanes) is 1. The molecule has 2 bridgehead atoms. The van der Waals surface area contributed by atoms with Gasteiger partial charge in [0.1, 0.15) is 17.6 Å². The lowest BCUT2D eigenvalue weighted by molar-refractivity contribution is -0.146. The minimum Gasteiger partial charge on any atom is -0.511 e. The molecule has 0 spiro atoms. The SMILES string of the molecule is CCCCC(=O)[C@]12CO[C@H](C(C)(C)C)N1C(=O)/C(=C(\O)CC1CC3CCC1C3)C2=O. The number of aliphatic hydroxyl groups excluding tert-OH is 1. The fourth-order valence-electron chi connectivity index (χ4n) is 6.18. The highest BCUT2D eigenvalue weighted by atomic mass is 16.5. The second kappa shape index (κ2) is 7.47. The number of rotatable bonds is 6. The van der Waals surface area contributed by atoms with Crippen LogP contribution in [0.3, 0.4) is 0 Å². The zero-order valence-electron chi connectivity index (χ0n) is 18.7. The molecule has 4 fully saturated rings. The molecule has 4 rings (SSSR count). The molecule has 4 aliphatic rings. The summed E-state index contributed by atoms with van der Waals surface area (Å²) in [4.78, 5) is 41.7. The molecule has 0 aromatic heterocycles. The van der Waals surface area contributed by atoms with Crippen LogP contribution in [0.2, 0.25) is 0 Å². The molecule has 166 valence electrons. The molecule has 5 atom stereocenters. The molecule has 2 saturated carbocycles. The van der Waals surface area contributed by atoms with E-state index in [2.05, 4.69) is 0 Å². The van der Waals surface area contributed by atoms with Crippen molar-refractivity contribution in [3.05, 3.63) is 11.3 Å². The Morgan fingerprint density at radius 3 is 2.53 bits per heavy atom. The second-order valence-electron chi connectivity index (χ2n) is 10.9. The van der Waals surface area contributed by atoms with E-state index in [1.807, 2.05) is 27.7 Å². The summed E-state index contributed by atoms with van der Waals surface area (Å²) in [5.41, 5.74) is -2.24. The number of carbonyl (C=O) groups excluding carboxylic acids is 3. The van der Waals surface area contributed by atoms with Crippen molar-refractivity contribution in [3.8, 4) is 0 Å². The highest BCUT2D eigenvalue weighted by Gasteiger charge is 2.68. The van der Waals surface area contributed by atoms with E-state index in [9.17, 15) is 19.5 Å². The first-order valence-corrected chi connectivity index (χ1v) is 11.6. The van der Waals surface area contributed by atoms with Crippen molar-refractivity contribution in [2.24, 2.45) is 23.2 Å². The number of allylic oxidation sites excluding steroid dienone is 1. The summed E-state index contributed by atoms with van der Waals surface area (Å²) in [6.45, 7) is 7.66. The molecule has 2 aliphatic heterocycles. The quantitative estimate of drug-likeness (QED) is 0.306. The Hall–Kier alpha value is -1.69. The van der Waals surface area contributed by atoms with E-state index in [0.29, 0.717) is 24.7 Å². The molecule has 30 heavy (non-hydrogen) atoms. The van der Waals surface area contributed by atoms with Gasteiger partial charge in [-0.05, 0) is 43.4 Å². The monoisotopic (exact) mass is 417 g/mol.